The second kappa shape index (κ2) is 8.98. The standard InChI is InChI=1S/C18H31O4P/c1-13(2)11-21-23(20,22-12-14(3)4)18(19)17-9-7-16(8-10-17)15(5)6/h7-10,13-15,18-19H,11-12H2,1-6H3. The Labute approximate surface area is 140 Å². The minimum Gasteiger partial charge on any atom is -0.376 e. The Balaban J connectivity index is 2.96. The van der Waals surface area contributed by atoms with Crippen LogP contribution in [-0.4, -0.2) is 18.3 Å². The van der Waals surface area contributed by atoms with Crippen molar-refractivity contribution in [2.45, 2.75) is 53.3 Å². The molecule has 5 heteroatoms. The third-order valence-corrected chi connectivity index (χ3v) is 5.29. The van der Waals surface area contributed by atoms with Gasteiger partial charge >= 0.3 is 7.60 Å². The average molecular weight is 342 g/mol. The molecule has 1 aromatic rings. The molecule has 23 heavy (non-hydrogen) atoms. The molecule has 132 valence electrons. The fraction of sp³-hybridized carbons (Fsp3) is 0.667. The van der Waals surface area contributed by atoms with E-state index in [0.717, 1.165) is 0 Å². The molecule has 1 unspecified atom stereocenters. The molecule has 0 saturated carbocycles. The fourth-order valence-corrected chi connectivity index (χ4v) is 3.83. The van der Waals surface area contributed by atoms with Crippen molar-refractivity contribution in [2.24, 2.45) is 11.8 Å². The molecule has 0 aliphatic heterocycles. The van der Waals surface area contributed by atoms with Crippen molar-refractivity contribution in [3.63, 3.8) is 0 Å². The van der Waals surface area contributed by atoms with Crippen LogP contribution in [0, 0.1) is 11.8 Å². The fourth-order valence-electron chi connectivity index (χ4n) is 1.92. The van der Waals surface area contributed by atoms with E-state index in [4.69, 9.17) is 9.05 Å². The van der Waals surface area contributed by atoms with Crippen LogP contribution in [0.15, 0.2) is 24.3 Å². The lowest BCUT2D eigenvalue weighted by Crippen LogP contribution is -2.12. The Morgan fingerprint density at radius 3 is 1.61 bits per heavy atom. The van der Waals surface area contributed by atoms with Gasteiger partial charge in [0.25, 0.3) is 0 Å². The maximum Gasteiger partial charge on any atom is 0.363 e. The van der Waals surface area contributed by atoms with Gasteiger partial charge in [0, 0.05) is 0 Å². The molecule has 1 aromatic carbocycles. The molecule has 4 nitrogen and oxygen atoms in total. The van der Waals surface area contributed by atoms with E-state index in [2.05, 4.69) is 13.8 Å². The Kier molecular flexibility index (Phi) is 7.96. The van der Waals surface area contributed by atoms with Gasteiger partial charge in [-0.05, 0) is 28.9 Å². The van der Waals surface area contributed by atoms with Gasteiger partial charge in [0.15, 0.2) is 5.85 Å². The molecule has 0 aromatic heterocycles. The molecule has 0 bridgehead atoms. The highest BCUT2D eigenvalue weighted by Gasteiger charge is 2.36. The Hall–Kier alpha value is -0.670. The van der Waals surface area contributed by atoms with Crippen molar-refractivity contribution in [3.8, 4) is 0 Å². The zero-order valence-electron chi connectivity index (χ0n) is 15.2. The second-order valence-corrected chi connectivity index (χ2v) is 9.20. The van der Waals surface area contributed by atoms with E-state index in [-0.39, 0.29) is 25.0 Å². The highest BCUT2D eigenvalue weighted by Crippen LogP contribution is 2.60. The van der Waals surface area contributed by atoms with Crippen LogP contribution in [-0.2, 0) is 13.6 Å². The molecular formula is C18H31O4P. The first kappa shape index (κ1) is 20.4. The Morgan fingerprint density at radius 2 is 1.26 bits per heavy atom. The van der Waals surface area contributed by atoms with E-state index >= 15 is 0 Å². The summed E-state index contributed by atoms with van der Waals surface area (Å²) in [5, 5.41) is 10.6. The van der Waals surface area contributed by atoms with Gasteiger partial charge in [0.2, 0.25) is 0 Å². The molecule has 0 amide bonds. The second-order valence-electron chi connectivity index (χ2n) is 7.11. The van der Waals surface area contributed by atoms with Crippen molar-refractivity contribution < 1.29 is 18.7 Å². The predicted octanol–water partition coefficient (Wildman–Crippen LogP) is 5.34. The van der Waals surface area contributed by atoms with Gasteiger partial charge in [-0.3, -0.25) is 4.57 Å². The van der Waals surface area contributed by atoms with E-state index in [9.17, 15) is 9.67 Å². The summed E-state index contributed by atoms with van der Waals surface area (Å²) in [4.78, 5) is 0. The maximum absolute atomic E-state index is 13.0. The number of hydrogen-bond acceptors (Lipinski definition) is 4. The highest BCUT2D eigenvalue weighted by atomic mass is 31.2. The van der Waals surface area contributed by atoms with Gasteiger partial charge in [0.1, 0.15) is 0 Å². The van der Waals surface area contributed by atoms with Crippen LogP contribution >= 0.6 is 7.60 Å². The number of benzene rings is 1. The quantitative estimate of drug-likeness (QED) is 0.616. The van der Waals surface area contributed by atoms with Crippen molar-refractivity contribution in [1.29, 1.82) is 0 Å². The zero-order chi connectivity index (χ0) is 17.6. The van der Waals surface area contributed by atoms with E-state index in [1.807, 2.05) is 39.8 Å². The van der Waals surface area contributed by atoms with E-state index in [0.29, 0.717) is 11.5 Å². The maximum atomic E-state index is 13.0. The lowest BCUT2D eigenvalue weighted by Gasteiger charge is -2.25. The highest BCUT2D eigenvalue weighted by molar-refractivity contribution is 7.54. The molecule has 0 aliphatic carbocycles. The molecule has 1 atom stereocenters. The van der Waals surface area contributed by atoms with Gasteiger partial charge in [-0.2, -0.15) is 0 Å². The van der Waals surface area contributed by atoms with Crippen LogP contribution in [0.3, 0.4) is 0 Å². The molecular weight excluding hydrogens is 311 g/mol. The number of rotatable bonds is 9. The first-order valence-electron chi connectivity index (χ1n) is 8.32. The average Bonchev–Trinajstić information content (AvgIpc) is 2.50. The smallest absolute Gasteiger partial charge is 0.363 e. The van der Waals surface area contributed by atoms with Crippen LogP contribution in [0.25, 0.3) is 0 Å². The number of aliphatic hydroxyl groups excluding tert-OH is 1. The summed E-state index contributed by atoms with van der Waals surface area (Å²) >= 11 is 0. The summed E-state index contributed by atoms with van der Waals surface area (Å²) in [5.74, 6) is -0.438. The van der Waals surface area contributed by atoms with Gasteiger partial charge < -0.3 is 14.2 Å². The normalized spacial score (nSPS) is 14.0. The number of aliphatic hydroxyl groups is 1. The van der Waals surface area contributed by atoms with Gasteiger partial charge in [-0.15, -0.1) is 0 Å². The molecule has 0 spiro atoms. The SMILES string of the molecule is CC(C)COP(=O)(OCC(C)C)C(O)c1ccc(C(C)C)cc1. The summed E-state index contributed by atoms with van der Waals surface area (Å²) in [7, 11) is -3.62. The van der Waals surface area contributed by atoms with E-state index in [1.54, 1.807) is 12.1 Å². The molecule has 0 aliphatic rings. The van der Waals surface area contributed by atoms with Crippen molar-refractivity contribution in [2.75, 3.05) is 13.2 Å². The summed E-state index contributed by atoms with van der Waals surface area (Å²) in [6, 6.07) is 7.48. The molecule has 0 saturated heterocycles. The van der Waals surface area contributed by atoms with Crippen molar-refractivity contribution >= 4 is 7.60 Å². The first-order valence-corrected chi connectivity index (χ1v) is 9.93. The lowest BCUT2D eigenvalue weighted by atomic mass is 10.0. The minimum absolute atomic E-state index is 0.210. The predicted molar refractivity (Wildman–Crippen MR) is 94.7 cm³/mol. The first-order chi connectivity index (χ1) is 10.7. The Bertz CT molecular complexity index is 492. The van der Waals surface area contributed by atoms with E-state index < -0.39 is 13.4 Å². The lowest BCUT2D eigenvalue weighted by molar-refractivity contribution is 0.124. The third kappa shape index (κ3) is 6.39. The van der Waals surface area contributed by atoms with Crippen molar-refractivity contribution in [1.82, 2.24) is 0 Å². The molecule has 0 radical (unpaired) electrons. The zero-order valence-corrected chi connectivity index (χ0v) is 16.0. The van der Waals surface area contributed by atoms with Gasteiger partial charge in [-0.25, -0.2) is 0 Å². The van der Waals surface area contributed by atoms with Crippen LogP contribution < -0.4 is 0 Å². The minimum atomic E-state index is -3.62. The van der Waals surface area contributed by atoms with Crippen molar-refractivity contribution in [3.05, 3.63) is 35.4 Å². The van der Waals surface area contributed by atoms with Crippen LogP contribution in [0.2, 0.25) is 0 Å². The number of hydrogen-bond donors (Lipinski definition) is 1. The topological polar surface area (TPSA) is 55.8 Å². The Morgan fingerprint density at radius 1 is 0.870 bits per heavy atom. The van der Waals surface area contributed by atoms with Crippen LogP contribution in [0.4, 0.5) is 0 Å². The van der Waals surface area contributed by atoms with Gasteiger partial charge in [0.05, 0.1) is 13.2 Å². The molecule has 1 rings (SSSR count). The summed E-state index contributed by atoms with van der Waals surface area (Å²) in [6.07, 6.45) is 0. The molecule has 1 N–H and O–H groups in total. The van der Waals surface area contributed by atoms with Crippen LogP contribution in [0.1, 0.15) is 64.4 Å². The summed E-state index contributed by atoms with van der Waals surface area (Å²) in [6.45, 7) is 12.7. The third-order valence-electron chi connectivity index (χ3n) is 3.38. The largest absolute Gasteiger partial charge is 0.376 e. The monoisotopic (exact) mass is 342 g/mol. The van der Waals surface area contributed by atoms with Crippen LogP contribution in [0.5, 0.6) is 0 Å². The van der Waals surface area contributed by atoms with Gasteiger partial charge in [-0.1, -0.05) is 65.8 Å². The summed E-state index contributed by atoms with van der Waals surface area (Å²) in [5.41, 5.74) is 1.73. The molecule has 0 fully saturated rings. The molecule has 0 heterocycles. The van der Waals surface area contributed by atoms with E-state index in [1.165, 1.54) is 5.56 Å². The summed E-state index contributed by atoms with van der Waals surface area (Å²) < 4.78 is 24.1.